The van der Waals surface area contributed by atoms with Crippen LogP contribution in [0.3, 0.4) is 0 Å². The molecule has 0 aliphatic carbocycles. The maximum atomic E-state index is 12.6. The lowest BCUT2D eigenvalue weighted by atomic mass is 10.1. The van der Waals surface area contributed by atoms with E-state index in [1.54, 1.807) is 18.2 Å². The van der Waals surface area contributed by atoms with Gasteiger partial charge >= 0.3 is 0 Å². The fourth-order valence-corrected chi connectivity index (χ4v) is 2.98. The van der Waals surface area contributed by atoms with Crippen molar-refractivity contribution in [3.05, 3.63) is 69.8 Å². The molecular weight excluding hydrogens is 373 g/mol. The number of carbonyl (C=O) groups is 1. The fourth-order valence-electron chi connectivity index (χ4n) is 2.53. The SMILES string of the molecule is CCOc1ccc(-c2[nH]ncc2C(=O)NCc2cccc(Cl)c2)cc1Cl. The third kappa shape index (κ3) is 4.18. The van der Waals surface area contributed by atoms with Gasteiger partial charge in [0.15, 0.2) is 0 Å². The molecule has 0 atom stereocenters. The van der Waals surface area contributed by atoms with Crippen LogP contribution in [-0.2, 0) is 6.54 Å². The van der Waals surface area contributed by atoms with Gasteiger partial charge in [0, 0.05) is 17.1 Å². The molecule has 134 valence electrons. The van der Waals surface area contributed by atoms with Gasteiger partial charge in [0.05, 0.1) is 29.1 Å². The number of hydrogen-bond acceptors (Lipinski definition) is 3. The van der Waals surface area contributed by atoms with Crippen molar-refractivity contribution in [1.82, 2.24) is 15.5 Å². The monoisotopic (exact) mass is 389 g/mol. The van der Waals surface area contributed by atoms with Crippen LogP contribution in [0.4, 0.5) is 0 Å². The smallest absolute Gasteiger partial charge is 0.255 e. The van der Waals surface area contributed by atoms with Crippen molar-refractivity contribution in [2.75, 3.05) is 6.61 Å². The van der Waals surface area contributed by atoms with Crippen LogP contribution in [-0.4, -0.2) is 22.7 Å². The summed E-state index contributed by atoms with van der Waals surface area (Å²) >= 11 is 12.2. The zero-order valence-corrected chi connectivity index (χ0v) is 15.6. The Bertz CT molecular complexity index is 925. The van der Waals surface area contributed by atoms with Crippen LogP contribution < -0.4 is 10.1 Å². The van der Waals surface area contributed by atoms with E-state index in [2.05, 4.69) is 15.5 Å². The largest absolute Gasteiger partial charge is 0.492 e. The number of carbonyl (C=O) groups excluding carboxylic acids is 1. The van der Waals surface area contributed by atoms with Crippen molar-refractivity contribution in [3.63, 3.8) is 0 Å². The van der Waals surface area contributed by atoms with E-state index in [9.17, 15) is 4.79 Å². The summed E-state index contributed by atoms with van der Waals surface area (Å²) in [6.07, 6.45) is 1.49. The number of benzene rings is 2. The predicted molar refractivity (Wildman–Crippen MR) is 103 cm³/mol. The van der Waals surface area contributed by atoms with Crippen LogP contribution in [0.15, 0.2) is 48.7 Å². The Kier molecular flexibility index (Phi) is 5.81. The number of aromatic nitrogens is 2. The minimum Gasteiger partial charge on any atom is -0.492 e. The third-order valence-corrected chi connectivity index (χ3v) is 4.28. The highest BCUT2D eigenvalue weighted by atomic mass is 35.5. The van der Waals surface area contributed by atoms with Gasteiger partial charge in [-0.05, 0) is 42.8 Å². The van der Waals surface area contributed by atoms with Gasteiger partial charge in [-0.15, -0.1) is 0 Å². The maximum absolute atomic E-state index is 12.6. The molecule has 0 bridgehead atoms. The highest BCUT2D eigenvalue weighted by Crippen LogP contribution is 2.31. The van der Waals surface area contributed by atoms with E-state index in [1.165, 1.54) is 6.20 Å². The number of rotatable bonds is 6. The molecule has 7 heteroatoms. The fraction of sp³-hybridized carbons (Fsp3) is 0.158. The van der Waals surface area contributed by atoms with Gasteiger partial charge in [0.2, 0.25) is 0 Å². The van der Waals surface area contributed by atoms with E-state index < -0.39 is 0 Å². The average molecular weight is 390 g/mol. The molecule has 2 N–H and O–H groups in total. The van der Waals surface area contributed by atoms with Gasteiger partial charge in [-0.2, -0.15) is 5.10 Å². The zero-order chi connectivity index (χ0) is 18.5. The van der Waals surface area contributed by atoms with E-state index >= 15 is 0 Å². The maximum Gasteiger partial charge on any atom is 0.255 e. The van der Waals surface area contributed by atoms with Crippen LogP contribution >= 0.6 is 23.2 Å². The number of ether oxygens (including phenoxy) is 1. The van der Waals surface area contributed by atoms with Gasteiger partial charge in [-0.3, -0.25) is 9.89 Å². The Hall–Kier alpha value is -2.50. The van der Waals surface area contributed by atoms with Crippen LogP contribution in [0.1, 0.15) is 22.8 Å². The lowest BCUT2D eigenvalue weighted by Crippen LogP contribution is -2.22. The molecule has 0 fully saturated rings. The number of halogens is 2. The van der Waals surface area contributed by atoms with Crippen LogP contribution in [0.2, 0.25) is 10.0 Å². The molecule has 0 spiro atoms. The molecular formula is C19H17Cl2N3O2. The normalized spacial score (nSPS) is 10.6. The number of nitrogens with zero attached hydrogens (tertiary/aromatic N) is 1. The highest BCUT2D eigenvalue weighted by Gasteiger charge is 2.16. The first kappa shape index (κ1) is 18.3. The lowest BCUT2D eigenvalue weighted by Gasteiger charge is -2.09. The Morgan fingerprint density at radius 1 is 1.23 bits per heavy atom. The average Bonchev–Trinajstić information content (AvgIpc) is 3.11. The molecule has 3 rings (SSSR count). The van der Waals surface area contributed by atoms with Crippen molar-refractivity contribution in [3.8, 4) is 17.0 Å². The molecule has 0 unspecified atom stereocenters. The van der Waals surface area contributed by atoms with Crippen molar-refractivity contribution in [1.29, 1.82) is 0 Å². The molecule has 1 amide bonds. The summed E-state index contributed by atoms with van der Waals surface area (Å²) < 4.78 is 5.44. The Labute approximate surface area is 161 Å². The first-order valence-corrected chi connectivity index (χ1v) is 8.82. The first-order valence-electron chi connectivity index (χ1n) is 8.07. The van der Waals surface area contributed by atoms with Gasteiger partial charge in [-0.1, -0.05) is 35.3 Å². The summed E-state index contributed by atoms with van der Waals surface area (Å²) in [5, 5.41) is 10.8. The van der Waals surface area contributed by atoms with Crippen molar-refractivity contribution in [2.45, 2.75) is 13.5 Å². The topological polar surface area (TPSA) is 67.0 Å². The molecule has 5 nitrogen and oxygen atoms in total. The number of H-pyrrole nitrogens is 1. The van der Waals surface area contributed by atoms with E-state index in [4.69, 9.17) is 27.9 Å². The first-order chi connectivity index (χ1) is 12.6. The van der Waals surface area contributed by atoms with Gasteiger partial charge in [0.1, 0.15) is 5.75 Å². The van der Waals surface area contributed by atoms with Gasteiger partial charge in [0.25, 0.3) is 5.91 Å². The zero-order valence-electron chi connectivity index (χ0n) is 14.1. The van der Waals surface area contributed by atoms with Crippen molar-refractivity contribution >= 4 is 29.1 Å². The Morgan fingerprint density at radius 2 is 2.08 bits per heavy atom. The van der Waals surface area contributed by atoms with Crippen molar-refractivity contribution in [2.24, 2.45) is 0 Å². The second-order valence-corrected chi connectivity index (χ2v) is 6.39. The van der Waals surface area contributed by atoms with Gasteiger partial charge < -0.3 is 10.1 Å². The van der Waals surface area contributed by atoms with E-state index in [1.807, 2.05) is 31.2 Å². The minimum absolute atomic E-state index is 0.237. The molecule has 26 heavy (non-hydrogen) atoms. The Morgan fingerprint density at radius 3 is 2.81 bits per heavy atom. The second kappa shape index (κ2) is 8.25. The molecule has 0 saturated carbocycles. The number of nitrogens with one attached hydrogen (secondary N) is 2. The van der Waals surface area contributed by atoms with Crippen molar-refractivity contribution < 1.29 is 9.53 Å². The minimum atomic E-state index is -0.237. The van der Waals surface area contributed by atoms with Gasteiger partial charge in [-0.25, -0.2) is 0 Å². The lowest BCUT2D eigenvalue weighted by molar-refractivity contribution is 0.0951. The van der Waals surface area contributed by atoms with E-state index in [0.717, 1.165) is 11.1 Å². The number of hydrogen-bond donors (Lipinski definition) is 2. The molecule has 0 aliphatic heterocycles. The summed E-state index contributed by atoms with van der Waals surface area (Å²) in [6, 6.07) is 12.7. The molecule has 3 aromatic rings. The Balaban J connectivity index is 1.77. The summed E-state index contributed by atoms with van der Waals surface area (Å²) in [6.45, 7) is 2.79. The summed E-state index contributed by atoms with van der Waals surface area (Å²) in [7, 11) is 0. The molecule has 2 aromatic carbocycles. The molecule has 0 saturated heterocycles. The quantitative estimate of drug-likeness (QED) is 0.641. The highest BCUT2D eigenvalue weighted by molar-refractivity contribution is 6.32. The third-order valence-electron chi connectivity index (χ3n) is 3.75. The predicted octanol–water partition coefficient (Wildman–Crippen LogP) is 4.71. The summed E-state index contributed by atoms with van der Waals surface area (Å²) in [4.78, 5) is 12.6. The standard InChI is InChI=1S/C19H17Cl2N3O2/c1-2-26-17-7-6-13(9-16(17)21)18-15(11-23-24-18)19(25)22-10-12-4-3-5-14(20)8-12/h3-9,11H,2,10H2,1H3,(H,22,25)(H,23,24). The molecule has 0 radical (unpaired) electrons. The number of aromatic amines is 1. The van der Waals surface area contributed by atoms with Crippen LogP contribution in [0.5, 0.6) is 5.75 Å². The summed E-state index contributed by atoms with van der Waals surface area (Å²) in [5.41, 5.74) is 2.70. The summed E-state index contributed by atoms with van der Waals surface area (Å²) in [5.74, 6) is 0.364. The van der Waals surface area contributed by atoms with Crippen LogP contribution in [0, 0.1) is 0 Å². The van der Waals surface area contributed by atoms with E-state index in [-0.39, 0.29) is 5.91 Å². The number of amides is 1. The second-order valence-electron chi connectivity index (χ2n) is 5.55. The molecule has 0 aliphatic rings. The van der Waals surface area contributed by atoms with E-state index in [0.29, 0.717) is 40.2 Å². The molecule has 1 heterocycles. The molecule has 1 aromatic heterocycles. The van der Waals surface area contributed by atoms with Crippen LogP contribution in [0.25, 0.3) is 11.3 Å².